The molecule has 0 aliphatic carbocycles. The molecule has 0 radical (unpaired) electrons. The van der Waals surface area contributed by atoms with Gasteiger partial charge in [0, 0.05) is 30.4 Å². The number of carbonyl (C=O) groups is 1. The zero-order valence-corrected chi connectivity index (χ0v) is 16.1. The number of alkyl halides is 3. The van der Waals surface area contributed by atoms with Crippen molar-refractivity contribution in [2.75, 3.05) is 12.3 Å². The number of amides is 1. The minimum atomic E-state index is -4.70. The Morgan fingerprint density at radius 3 is 2.71 bits per heavy atom. The Bertz CT molecular complexity index is 931. The van der Waals surface area contributed by atoms with Crippen LogP contribution in [-0.4, -0.2) is 33.0 Å². The molecular formula is C18H18F3N5OS. The Kier molecular flexibility index (Phi) is 6.85. The van der Waals surface area contributed by atoms with Gasteiger partial charge in [-0.2, -0.15) is 23.5 Å². The highest BCUT2D eigenvalue weighted by Gasteiger charge is 2.35. The van der Waals surface area contributed by atoms with Crippen molar-refractivity contribution in [2.45, 2.75) is 31.6 Å². The average Bonchev–Trinajstić information content (AvgIpc) is 3.03. The van der Waals surface area contributed by atoms with Crippen LogP contribution >= 0.6 is 11.8 Å². The predicted molar refractivity (Wildman–Crippen MR) is 99.5 cm³/mol. The lowest BCUT2D eigenvalue weighted by atomic mass is 10.0. The molecule has 1 amide bonds. The molecule has 0 unspecified atom stereocenters. The fourth-order valence-corrected chi connectivity index (χ4v) is 3.24. The monoisotopic (exact) mass is 409 g/mol. The first-order chi connectivity index (χ1) is 13.2. The summed E-state index contributed by atoms with van der Waals surface area (Å²) < 4.78 is 41.7. The lowest BCUT2D eigenvalue weighted by Crippen LogP contribution is -2.25. The molecular weight excluding hydrogens is 391 g/mol. The number of nitriles is 1. The van der Waals surface area contributed by atoms with E-state index in [9.17, 15) is 23.2 Å². The SMILES string of the molecule is C=CCNC(=O)CSc1nc(C(F)(F)F)cc(-c2cn(CC)nc2C)c1C#N. The highest BCUT2D eigenvalue weighted by atomic mass is 32.2. The number of aromatic nitrogens is 3. The quantitative estimate of drug-likeness (QED) is 0.558. The van der Waals surface area contributed by atoms with Crippen molar-refractivity contribution in [3.05, 3.63) is 41.9 Å². The molecule has 0 spiro atoms. The van der Waals surface area contributed by atoms with Gasteiger partial charge in [0.25, 0.3) is 0 Å². The molecule has 0 saturated heterocycles. The number of halogens is 3. The molecule has 1 N–H and O–H groups in total. The van der Waals surface area contributed by atoms with Crippen LogP contribution in [0.3, 0.4) is 0 Å². The standard InChI is InChI=1S/C18H18F3N5OS/c1-4-6-23-16(27)10-28-17-13(8-22)12(7-15(24-17)18(19,20)21)14-9-26(5-2)25-11(14)3/h4,7,9H,1,5-6,10H2,2-3H3,(H,23,27). The van der Waals surface area contributed by atoms with Crippen LogP contribution in [0.15, 0.2) is 29.9 Å². The van der Waals surface area contributed by atoms with Gasteiger partial charge in [-0.25, -0.2) is 4.98 Å². The van der Waals surface area contributed by atoms with E-state index in [2.05, 4.69) is 22.0 Å². The van der Waals surface area contributed by atoms with Gasteiger partial charge in [0.2, 0.25) is 5.91 Å². The Morgan fingerprint density at radius 2 is 2.18 bits per heavy atom. The minimum Gasteiger partial charge on any atom is -0.352 e. The van der Waals surface area contributed by atoms with E-state index >= 15 is 0 Å². The summed E-state index contributed by atoms with van der Waals surface area (Å²) in [6, 6.07) is 2.78. The number of aryl methyl sites for hydroxylation is 2. The van der Waals surface area contributed by atoms with Gasteiger partial charge in [-0.1, -0.05) is 17.8 Å². The van der Waals surface area contributed by atoms with Crippen LogP contribution in [0.2, 0.25) is 0 Å². The molecule has 2 rings (SSSR count). The molecule has 0 aromatic carbocycles. The van der Waals surface area contributed by atoms with Crippen LogP contribution in [0.1, 0.15) is 23.9 Å². The molecule has 0 atom stereocenters. The topological polar surface area (TPSA) is 83.6 Å². The van der Waals surface area contributed by atoms with Crippen molar-refractivity contribution in [3.63, 3.8) is 0 Å². The smallest absolute Gasteiger partial charge is 0.352 e. The third-order valence-electron chi connectivity index (χ3n) is 3.73. The van der Waals surface area contributed by atoms with Gasteiger partial charge in [-0.05, 0) is 19.9 Å². The predicted octanol–water partition coefficient (Wildman–Crippen LogP) is 3.56. The van der Waals surface area contributed by atoms with Gasteiger partial charge >= 0.3 is 6.18 Å². The third-order valence-corrected chi connectivity index (χ3v) is 4.71. The van der Waals surface area contributed by atoms with Gasteiger partial charge in [-0.3, -0.25) is 9.48 Å². The first kappa shape index (κ1) is 21.5. The zero-order valence-electron chi connectivity index (χ0n) is 15.3. The van der Waals surface area contributed by atoms with Gasteiger partial charge in [0.1, 0.15) is 16.8 Å². The number of carbonyl (C=O) groups excluding carboxylic acids is 1. The first-order valence-corrected chi connectivity index (χ1v) is 9.27. The highest BCUT2D eigenvalue weighted by Crippen LogP contribution is 2.37. The van der Waals surface area contributed by atoms with Crippen LogP contribution in [0.5, 0.6) is 0 Å². The summed E-state index contributed by atoms with van der Waals surface area (Å²) in [5.41, 5.74) is -0.134. The summed E-state index contributed by atoms with van der Waals surface area (Å²) in [5, 5.41) is 16.2. The van der Waals surface area contributed by atoms with E-state index < -0.39 is 17.8 Å². The minimum absolute atomic E-state index is 0.0201. The second-order valence-electron chi connectivity index (χ2n) is 5.71. The molecule has 6 nitrogen and oxygen atoms in total. The van der Waals surface area contributed by atoms with E-state index in [4.69, 9.17) is 0 Å². The van der Waals surface area contributed by atoms with Crippen molar-refractivity contribution in [2.24, 2.45) is 0 Å². The Balaban J connectivity index is 2.55. The maximum absolute atomic E-state index is 13.4. The number of hydrogen-bond donors (Lipinski definition) is 1. The highest BCUT2D eigenvalue weighted by molar-refractivity contribution is 8.00. The third kappa shape index (κ3) is 4.92. The first-order valence-electron chi connectivity index (χ1n) is 8.28. The van der Waals surface area contributed by atoms with Crippen molar-refractivity contribution >= 4 is 17.7 Å². The molecule has 0 aliphatic heterocycles. The van der Waals surface area contributed by atoms with E-state index in [-0.39, 0.29) is 28.5 Å². The molecule has 28 heavy (non-hydrogen) atoms. The van der Waals surface area contributed by atoms with Crippen molar-refractivity contribution in [1.82, 2.24) is 20.1 Å². The Morgan fingerprint density at radius 1 is 1.46 bits per heavy atom. The van der Waals surface area contributed by atoms with Gasteiger partial charge < -0.3 is 5.32 Å². The molecule has 2 aromatic rings. The van der Waals surface area contributed by atoms with E-state index in [0.717, 1.165) is 17.8 Å². The Hall–Kier alpha value is -2.80. The molecule has 0 fully saturated rings. The summed E-state index contributed by atoms with van der Waals surface area (Å²) in [6.45, 7) is 7.74. The zero-order chi connectivity index (χ0) is 20.9. The van der Waals surface area contributed by atoms with Gasteiger partial charge in [0.05, 0.1) is 17.0 Å². The normalized spacial score (nSPS) is 11.1. The Labute approximate surface area is 164 Å². The number of nitrogens with zero attached hydrogens (tertiary/aromatic N) is 4. The van der Waals surface area contributed by atoms with Crippen LogP contribution in [0, 0.1) is 18.3 Å². The molecule has 10 heteroatoms. The maximum Gasteiger partial charge on any atom is 0.433 e. The van der Waals surface area contributed by atoms with Crippen molar-refractivity contribution in [1.29, 1.82) is 5.26 Å². The van der Waals surface area contributed by atoms with Crippen LogP contribution in [0.25, 0.3) is 11.1 Å². The fourth-order valence-electron chi connectivity index (χ4n) is 2.41. The average molecular weight is 409 g/mol. The van der Waals surface area contributed by atoms with E-state index in [0.29, 0.717) is 17.8 Å². The van der Waals surface area contributed by atoms with Gasteiger partial charge in [-0.15, -0.1) is 6.58 Å². The lowest BCUT2D eigenvalue weighted by molar-refractivity contribution is -0.141. The number of pyridine rings is 1. The second-order valence-corrected chi connectivity index (χ2v) is 6.67. The van der Waals surface area contributed by atoms with E-state index in [1.54, 1.807) is 17.8 Å². The summed E-state index contributed by atoms with van der Waals surface area (Å²) in [5.74, 6) is -0.576. The molecule has 0 aliphatic rings. The van der Waals surface area contributed by atoms with Crippen LogP contribution in [-0.2, 0) is 17.5 Å². The van der Waals surface area contributed by atoms with Crippen LogP contribution in [0.4, 0.5) is 13.2 Å². The number of nitrogens with one attached hydrogen (secondary N) is 1. The molecule has 2 aromatic heterocycles. The van der Waals surface area contributed by atoms with E-state index in [1.807, 2.05) is 13.0 Å². The van der Waals surface area contributed by atoms with Gasteiger partial charge in [0.15, 0.2) is 0 Å². The number of rotatable bonds is 7. The molecule has 2 heterocycles. The lowest BCUT2D eigenvalue weighted by Gasteiger charge is -2.13. The summed E-state index contributed by atoms with van der Waals surface area (Å²) in [7, 11) is 0. The van der Waals surface area contributed by atoms with E-state index in [1.165, 1.54) is 6.08 Å². The summed E-state index contributed by atoms with van der Waals surface area (Å²) >= 11 is 0.781. The van der Waals surface area contributed by atoms with Crippen molar-refractivity contribution in [3.8, 4) is 17.2 Å². The molecule has 0 bridgehead atoms. The maximum atomic E-state index is 13.4. The van der Waals surface area contributed by atoms with Crippen LogP contribution < -0.4 is 5.32 Å². The number of thioether (sulfide) groups is 1. The molecule has 148 valence electrons. The summed E-state index contributed by atoms with van der Waals surface area (Å²) in [4.78, 5) is 15.4. The largest absolute Gasteiger partial charge is 0.433 e. The fraction of sp³-hybridized carbons (Fsp3) is 0.333. The number of hydrogen-bond acceptors (Lipinski definition) is 5. The summed E-state index contributed by atoms with van der Waals surface area (Å²) in [6.07, 6.45) is -1.62. The van der Waals surface area contributed by atoms with Crippen molar-refractivity contribution < 1.29 is 18.0 Å². The second kappa shape index (κ2) is 8.93. The molecule has 0 saturated carbocycles.